The molecule has 122 valence electrons. The zero-order valence-corrected chi connectivity index (χ0v) is 13.5. The Morgan fingerprint density at radius 1 is 1.17 bits per heavy atom. The zero-order valence-electron chi connectivity index (χ0n) is 12.8. The van der Waals surface area contributed by atoms with Crippen molar-refractivity contribution in [2.24, 2.45) is 0 Å². The van der Waals surface area contributed by atoms with Gasteiger partial charge >= 0.3 is 0 Å². The first kappa shape index (κ1) is 16.2. The highest BCUT2D eigenvalue weighted by molar-refractivity contribution is 6.30. The maximum Gasteiger partial charge on any atom is 0.272 e. The number of hydrogen-bond acceptors (Lipinski definition) is 3. The van der Waals surface area contributed by atoms with E-state index >= 15 is 0 Å². The van der Waals surface area contributed by atoms with Crippen LogP contribution in [0.2, 0.25) is 5.02 Å². The number of rotatable bonds is 5. The third-order valence-corrected chi connectivity index (χ3v) is 3.82. The number of nitrogens with zero attached hydrogens (tertiary/aromatic N) is 2. The lowest BCUT2D eigenvalue weighted by molar-refractivity contribution is 0.0910. The quantitative estimate of drug-likeness (QED) is 0.749. The number of aromatic nitrogens is 2. The van der Waals surface area contributed by atoms with E-state index in [9.17, 15) is 9.90 Å². The molecule has 2 N–H and O–H groups in total. The third-order valence-electron chi connectivity index (χ3n) is 3.58. The molecule has 0 spiro atoms. The minimum Gasteiger partial charge on any atom is -0.394 e. The Bertz CT molecular complexity index is 833. The molecule has 0 fully saturated rings. The Morgan fingerprint density at radius 3 is 2.67 bits per heavy atom. The van der Waals surface area contributed by atoms with Crippen molar-refractivity contribution in [1.29, 1.82) is 0 Å². The average Bonchev–Trinajstić information content (AvgIpc) is 3.10. The summed E-state index contributed by atoms with van der Waals surface area (Å²) >= 11 is 5.97. The van der Waals surface area contributed by atoms with Crippen LogP contribution in [-0.4, -0.2) is 27.4 Å². The van der Waals surface area contributed by atoms with Crippen molar-refractivity contribution >= 4 is 17.5 Å². The number of amides is 1. The number of carbonyl (C=O) groups excluding carboxylic acids is 1. The summed E-state index contributed by atoms with van der Waals surface area (Å²) in [6.45, 7) is -0.190. The third kappa shape index (κ3) is 3.64. The fourth-order valence-electron chi connectivity index (χ4n) is 2.36. The molecule has 3 rings (SSSR count). The van der Waals surface area contributed by atoms with Crippen molar-refractivity contribution in [1.82, 2.24) is 15.1 Å². The molecule has 1 amide bonds. The first-order valence-corrected chi connectivity index (χ1v) is 7.83. The van der Waals surface area contributed by atoms with Crippen molar-refractivity contribution in [3.8, 4) is 5.69 Å². The first-order valence-electron chi connectivity index (χ1n) is 7.45. The van der Waals surface area contributed by atoms with Crippen LogP contribution in [0.25, 0.3) is 5.69 Å². The lowest BCUT2D eigenvalue weighted by Gasteiger charge is -2.15. The Kier molecular flexibility index (Phi) is 4.93. The van der Waals surface area contributed by atoms with Crippen molar-refractivity contribution in [2.45, 2.75) is 6.04 Å². The number of carbonyl (C=O) groups is 1. The van der Waals surface area contributed by atoms with Gasteiger partial charge in [-0.3, -0.25) is 4.79 Å². The van der Waals surface area contributed by atoms with Gasteiger partial charge in [-0.1, -0.05) is 48.0 Å². The highest BCUT2D eigenvalue weighted by Crippen LogP contribution is 2.15. The summed E-state index contributed by atoms with van der Waals surface area (Å²) in [5.74, 6) is -0.348. The molecule has 0 aliphatic rings. The van der Waals surface area contributed by atoms with Gasteiger partial charge in [0.2, 0.25) is 0 Å². The van der Waals surface area contributed by atoms with Gasteiger partial charge in [-0.2, -0.15) is 5.10 Å². The molecule has 0 saturated heterocycles. The molecule has 2 aromatic carbocycles. The average molecular weight is 342 g/mol. The molecule has 0 bridgehead atoms. The molecular formula is C18H16ClN3O2. The summed E-state index contributed by atoms with van der Waals surface area (Å²) < 4.78 is 1.58. The Labute approximate surface area is 144 Å². The van der Waals surface area contributed by atoms with Crippen LogP contribution in [0.5, 0.6) is 0 Å². The maximum absolute atomic E-state index is 12.4. The van der Waals surface area contributed by atoms with Gasteiger partial charge in [0, 0.05) is 11.2 Å². The molecule has 1 atom stereocenters. The van der Waals surface area contributed by atoms with E-state index in [1.54, 1.807) is 29.1 Å². The van der Waals surface area contributed by atoms with Crippen LogP contribution >= 0.6 is 11.6 Å². The van der Waals surface area contributed by atoms with Gasteiger partial charge in [0.15, 0.2) is 5.69 Å². The number of aliphatic hydroxyl groups excluding tert-OH is 1. The molecule has 0 aliphatic heterocycles. The molecule has 24 heavy (non-hydrogen) atoms. The van der Waals surface area contributed by atoms with Crippen molar-refractivity contribution in [3.05, 3.63) is 83.1 Å². The van der Waals surface area contributed by atoms with Crippen LogP contribution < -0.4 is 5.32 Å². The predicted octanol–water partition coefficient (Wildman–Crippen LogP) is 2.99. The van der Waals surface area contributed by atoms with E-state index in [0.717, 1.165) is 11.3 Å². The Hall–Kier alpha value is -2.63. The predicted molar refractivity (Wildman–Crippen MR) is 92.3 cm³/mol. The highest BCUT2D eigenvalue weighted by atomic mass is 35.5. The van der Waals surface area contributed by atoms with Gasteiger partial charge in [0.05, 0.1) is 18.3 Å². The lowest BCUT2D eigenvalue weighted by Crippen LogP contribution is -2.31. The summed E-state index contributed by atoms with van der Waals surface area (Å²) in [4.78, 5) is 12.4. The summed E-state index contributed by atoms with van der Waals surface area (Å²) in [6, 6.07) is 17.6. The number of halogens is 1. The number of hydrogen-bond donors (Lipinski definition) is 2. The van der Waals surface area contributed by atoms with Gasteiger partial charge in [-0.15, -0.1) is 0 Å². The topological polar surface area (TPSA) is 67.2 Å². The Balaban J connectivity index is 1.76. The monoisotopic (exact) mass is 341 g/mol. The fraction of sp³-hybridized carbons (Fsp3) is 0.111. The van der Waals surface area contributed by atoms with Crippen molar-refractivity contribution in [2.75, 3.05) is 6.61 Å². The molecule has 1 aromatic heterocycles. The largest absolute Gasteiger partial charge is 0.394 e. The van der Waals surface area contributed by atoms with E-state index in [1.165, 1.54) is 0 Å². The standard InChI is InChI=1S/C18H16ClN3O2/c19-14-7-4-8-15(11-14)22-10-9-16(21-22)18(24)20-17(12-23)13-5-2-1-3-6-13/h1-11,17,23H,12H2,(H,20,24). The van der Waals surface area contributed by atoms with Crippen LogP contribution in [-0.2, 0) is 0 Å². The SMILES string of the molecule is O=C(NC(CO)c1ccccc1)c1ccn(-c2cccc(Cl)c2)n1. The van der Waals surface area contributed by atoms with E-state index in [1.807, 2.05) is 42.5 Å². The zero-order chi connectivity index (χ0) is 16.9. The smallest absolute Gasteiger partial charge is 0.272 e. The number of aliphatic hydroxyl groups is 1. The molecule has 1 unspecified atom stereocenters. The van der Waals surface area contributed by atoms with Crippen LogP contribution in [0.1, 0.15) is 22.1 Å². The normalized spacial score (nSPS) is 11.9. The summed E-state index contributed by atoms with van der Waals surface area (Å²) in [5.41, 5.74) is 1.87. The molecular weight excluding hydrogens is 326 g/mol. The van der Waals surface area contributed by atoms with Crippen LogP contribution in [0.4, 0.5) is 0 Å². The minimum atomic E-state index is -0.477. The minimum absolute atomic E-state index is 0.190. The molecule has 1 heterocycles. The van der Waals surface area contributed by atoms with E-state index in [4.69, 9.17) is 11.6 Å². The van der Waals surface area contributed by atoms with E-state index in [0.29, 0.717) is 5.02 Å². The number of nitrogens with one attached hydrogen (secondary N) is 1. The Morgan fingerprint density at radius 2 is 1.96 bits per heavy atom. The second-order valence-electron chi connectivity index (χ2n) is 5.24. The summed E-state index contributed by atoms with van der Waals surface area (Å²) in [7, 11) is 0. The molecule has 3 aromatic rings. The molecule has 0 saturated carbocycles. The van der Waals surface area contributed by atoms with Crippen LogP contribution in [0.15, 0.2) is 66.9 Å². The van der Waals surface area contributed by atoms with Gasteiger partial charge < -0.3 is 10.4 Å². The molecule has 0 radical (unpaired) electrons. The highest BCUT2D eigenvalue weighted by Gasteiger charge is 2.17. The second-order valence-corrected chi connectivity index (χ2v) is 5.68. The molecule has 0 aliphatic carbocycles. The maximum atomic E-state index is 12.4. The number of benzene rings is 2. The molecule has 6 heteroatoms. The first-order chi connectivity index (χ1) is 11.7. The van der Waals surface area contributed by atoms with Gasteiger partial charge in [0.1, 0.15) is 0 Å². The summed E-state index contributed by atoms with van der Waals surface area (Å²) in [5, 5.41) is 17.2. The van der Waals surface area contributed by atoms with Crippen molar-refractivity contribution < 1.29 is 9.90 Å². The van der Waals surface area contributed by atoms with Gasteiger partial charge in [-0.25, -0.2) is 4.68 Å². The molecule has 5 nitrogen and oxygen atoms in total. The van der Waals surface area contributed by atoms with Crippen LogP contribution in [0, 0.1) is 0 Å². The lowest BCUT2D eigenvalue weighted by atomic mass is 10.1. The van der Waals surface area contributed by atoms with Gasteiger partial charge in [-0.05, 0) is 29.8 Å². The van der Waals surface area contributed by atoms with E-state index < -0.39 is 6.04 Å². The summed E-state index contributed by atoms with van der Waals surface area (Å²) in [6.07, 6.45) is 1.69. The van der Waals surface area contributed by atoms with Crippen molar-refractivity contribution in [3.63, 3.8) is 0 Å². The van der Waals surface area contributed by atoms with Crippen LogP contribution in [0.3, 0.4) is 0 Å². The fourth-order valence-corrected chi connectivity index (χ4v) is 2.54. The van der Waals surface area contributed by atoms with E-state index in [-0.39, 0.29) is 18.2 Å². The van der Waals surface area contributed by atoms with Gasteiger partial charge in [0.25, 0.3) is 5.91 Å². The van der Waals surface area contributed by atoms with E-state index in [2.05, 4.69) is 10.4 Å². The second kappa shape index (κ2) is 7.29.